The Morgan fingerprint density at radius 3 is 2.51 bits per heavy atom. The third kappa shape index (κ3) is 5.05. The Kier molecular flexibility index (Phi) is 7.25. The summed E-state index contributed by atoms with van der Waals surface area (Å²) in [5, 5.41) is 7.95. The van der Waals surface area contributed by atoms with Gasteiger partial charge in [-0.3, -0.25) is 14.1 Å². The molecule has 10 nitrogen and oxygen atoms in total. The molecule has 202 valence electrons. The van der Waals surface area contributed by atoms with Crippen LogP contribution in [0.2, 0.25) is 5.02 Å². The number of rotatable bonds is 7. The second-order valence-corrected chi connectivity index (χ2v) is 10.7. The first-order chi connectivity index (χ1) is 18.7. The number of fused-ring (bicyclic) bond motifs is 1. The number of benzene rings is 2. The molecule has 0 aliphatic carbocycles. The van der Waals surface area contributed by atoms with Crippen LogP contribution < -0.4 is 19.8 Å². The van der Waals surface area contributed by atoms with E-state index in [-0.39, 0.29) is 48.1 Å². The molecule has 0 amide bonds. The molecule has 2 aromatic carbocycles. The van der Waals surface area contributed by atoms with Crippen molar-refractivity contribution in [3.05, 3.63) is 93.2 Å². The molecule has 13 heteroatoms. The molecule has 1 N–H and O–H groups in total. The van der Waals surface area contributed by atoms with Crippen LogP contribution in [0.1, 0.15) is 11.3 Å². The number of anilines is 1. The molecule has 1 aliphatic heterocycles. The Morgan fingerprint density at radius 2 is 1.85 bits per heavy atom. The van der Waals surface area contributed by atoms with E-state index in [1.807, 2.05) is 0 Å². The maximum absolute atomic E-state index is 15.9. The highest BCUT2D eigenvalue weighted by Gasteiger charge is 2.31. The highest BCUT2D eigenvalue weighted by atomic mass is 35.5. The molecule has 4 aromatic rings. The first-order valence-electron chi connectivity index (χ1n) is 11.7. The number of nitrogens with zero attached hydrogens (tertiary/aromatic N) is 4. The second kappa shape index (κ2) is 10.6. The van der Waals surface area contributed by atoms with E-state index < -0.39 is 21.6 Å². The van der Waals surface area contributed by atoms with Crippen LogP contribution in [0.5, 0.6) is 11.5 Å². The van der Waals surface area contributed by atoms with Crippen molar-refractivity contribution in [3.63, 3.8) is 0 Å². The summed E-state index contributed by atoms with van der Waals surface area (Å²) in [5.41, 5.74) is 1.47. The topological polar surface area (TPSA) is 116 Å². The van der Waals surface area contributed by atoms with Gasteiger partial charge in [0.15, 0.2) is 17.4 Å². The summed E-state index contributed by atoms with van der Waals surface area (Å²) in [4.78, 5) is 13.2. The van der Waals surface area contributed by atoms with E-state index in [1.165, 1.54) is 47.5 Å². The van der Waals surface area contributed by atoms with Crippen molar-refractivity contribution >= 4 is 27.6 Å². The zero-order valence-corrected chi connectivity index (χ0v) is 22.5. The summed E-state index contributed by atoms with van der Waals surface area (Å²) >= 11 is 5.99. The SMILES string of the molecule is COc1cc(-c2ccc(Cl)cc2)c(F)c(OC)c1-n1c2c(ccc1=O)CN(S(=O)(=O)Nc1cccnn1)CC2. The molecule has 0 fully saturated rings. The molecule has 0 atom stereocenters. The van der Waals surface area contributed by atoms with Gasteiger partial charge in [0.05, 0.1) is 14.2 Å². The Bertz CT molecular complexity index is 1700. The first kappa shape index (κ1) is 26.6. The zero-order chi connectivity index (χ0) is 27.7. The Hall–Kier alpha value is -4.00. The molecule has 1 aliphatic rings. The molecule has 2 aromatic heterocycles. The maximum atomic E-state index is 15.9. The smallest absolute Gasteiger partial charge is 0.303 e. The van der Waals surface area contributed by atoms with E-state index in [9.17, 15) is 13.2 Å². The number of halogens is 2. The van der Waals surface area contributed by atoms with Gasteiger partial charge in [0, 0.05) is 48.1 Å². The van der Waals surface area contributed by atoms with Gasteiger partial charge in [-0.15, -0.1) is 5.10 Å². The lowest BCUT2D eigenvalue weighted by molar-refractivity contribution is 0.366. The molecule has 3 heterocycles. The van der Waals surface area contributed by atoms with Gasteiger partial charge in [-0.05, 0) is 41.5 Å². The third-order valence-corrected chi connectivity index (χ3v) is 8.05. The highest BCUT2D eigenvalue weighted by Crippen LogP contribution is 2.42. The largest absolute Gasteiger partial charge is 0.494 e. The molecule has 0 saturated carbocycles. The van der Waals surface area contributed by atoms with Gasteiger partial charge in [-0.25, -0.2) is 4.39 Å². The van der Waals surface area contributed by atoms with E-state index in [4.69, 9.17) is 21.1 Å². The van der Waals surface area contributed by atoms with Gasteiger partial charge >= 0.3 is 10.2 Å². The van der Waals surface area contributed by atoms with E-state index in [0.717, 1.165) is 0 Å². The summed E-state index contributed by atoms with van der Waals surface area (Å²) in [5.74, 6) is -0.588. The van der Waals surface area contributed by atoms with Crippen molar-refractivity contribution in [2.45, 2.75) is 13.0 Å². The lowest BCUT2D eigenvalue weighted by Gasteiger charge is -2.30. The minimum absolute atomic E-state index is 0.0266. The quantitative estimate of drug-likeness (QED) is 0.358. The van der Waals surface area contributed by atoms with Gasteiger partial charge < -0.3 is 9.47 Å². The summed E-state index contributed by atoms with van der Waals surface area (Å²) < 4.78 is 57.9. The van der Waals surface area contributed by atoms with Crippen LogP contribution in [0.25, 0.3) is 16.8 Å². The third-order valence-electron chi connectivity index (χ3n) is 6.34. The van der Waals surface area contributed by atoms with Crippen molar-refractivity contribution < 1.29 is 22.3 Å². The summed E-state index contributed by atoms with van der Waals surface area (Å²) in [7, 11) is -1.25. The number of hydrogen-bond donors (Lipinski definition) is 1. The number of ether oxygens (including phenoxy) is 2. The molecular formula is C26H23ClFN5O5S. The lowest BCUT2D eigenvalue weighted by Crippen LogP contribution is -2.41. The van der Waals surface area contributed by atoms with Gasteiger partial charge in [-0.1, -0.05) is 29.8 Å². The van der Waals surface area contributed by atoms with Gasteiger partial charge in [0.2, 0.25) is 0 Å². The fourth-order valence-corrected chi connectivity index (χ4v) is 5.80. The number of nitrogens with one attached hydrogen (secondary N) is 1. The minimum atomic E-state index is -3.96. The average molecular weight is 572 g/mol. The molecule has 0 radical (unpaired) electrons. The van der Waals surface area contributed by atoms with E-state index in [0.29, 0.717) is 21.8 Å². The predicted octanol–water partition coefficient (Wildman–Crippen LogP) is 3.82. The van der Waals surface area contributed by atoms with Gasteiger partial charge in [-0.2, -0.15) is 17.8 Å². The second-order valence-electron chi connectivity index (χ2n) is 8.61. The van der Waals surface area contributed by atoms with Crippen molar-refractivity contribution in [2.24, 2.45) is 0 Å². The zero-order valence-electron chi connectivity index (χ0n) is 20.9. The number of pyridine rings is 1. The summed E-state index contributed by atoms with van der Waals surface area (Å²) in [6, 6.07) is 14.0. The highest BCUT2D eigenvalue weighted by molar-refractivity contribution is 7.90. The normalized spacial score (nSPS) is 13.5. The molecule has 39 heavy (non-hydrogen) atoms. The van der Waals surface area contributed by atoms with Crippen LogP contribution in [-0.4, -0.2) is 48.3 Å². The number of aromatic nitrogens is 3. The van der Waals surface area contributed by atoms with Crippen molar-refractivity contribution in [2.75, 3.05) is 25.5 Å². The minimum Gasteiger partial charge on any atom is -0.494 e. The fraction of sp³-hybridized carbons (Fsp3) is 0.192. The summed E-state index contributed by atoms with van der Waals surface area (Å²) in [6.07, 6.45) is 1.60. The van der Waals surface area contributed by atoms with Crippen LogP contribution in [0, 0.1) is 5.82 Å². The summed E-state index contributed by atoms with van der Waals surface area (Å²) in [6.45, 7) is 0.0310. The average Bonchev–Trinajstić information content (AvgIpc) is 2.93. The van der Waals surface area contributed by atoms with Gasteiger partial charge in [0.1, 0.15) is 11.4 Å². The molecule has 0 unspecified atom stereocenters. The fourth-order valence-electron chi connectivity index (χ4n) is 4.53. The Morgan fingerprint density at radius 1 is 1.08 bits per heavy atom. The van der Waals surface area contributed by atoms with Crippen LogP contribution in [0.4, 0.5) is 10.2 Å². The van der Waals surface area contributed by atoms with Crippen molar-refractivity contribution in [3.8, 4) is 28.3 Å². The van der Waals surface area contributed by atoms with E-state index in [2.05, 4.69) is 14.9 Å². The number of methoxy groups -OCH3 is 2. The maximum Gasteiger partial charge on any atom is 0.303 e. The lowest BCUT2D eigenvalue weighted by atomic mass is 10.0. The van der Waals surface area contributed by atoms with Crippen molar-refractivity contribution in [1.29, 1.82) is 0 Å². The molecule has 0 spiro atoms. The molecule has 0 bridgehead atoms. The van der Waals surface area contributed by atoms with Crippen LogP contribution in [0.15, 0.2) is 65.6 Å². The van der Waals surface area contributed by atoms with Crippen LogP contribution in [0.3, 0.4) is 0 Å². The molecule has 0 saturated heterocycles. The predicted molar refractivity (Wildman–Crippen MR) is 144 cm³/mol. The van der Waals surface area contributed by atoms with Crippen LogP contribution >= 0.6 is 11.6 Å². The molecule has 5 rings (SSSR count). The molecular weight excluding hydrogens is 549 g/mol. The number of hydrogen-bond acceptors (Lipinski definition) is 7. The standard InChI is InChI=1S/C26H23ClFN5O5S/c1-37-21-14-19(16-5-8-18(27)9-6-16)24(28)26(38-2)25(21)33-20-11-13-32(15-17(20)7-10-23(33)34)39(35,36)31-22-4-3-12-29-30-22/h3-10,12,14H,11,13,15H2,1-2H3,(H,30,31). The Labute approximate surface area is 228 Å². The van der Waals surface area contributed by atoms with E-state index in [1.54, 1.807) is 36.4 Å². The van der Waals surface area contributed by atoms with E-state index >= 15 is 4.39 Å². The van der Waals surface area contributed by atoms with Crippen molar-refractivity contribution in [1.82, 2.24) is 19.1 Å². The first-order valence-corrected chi connectivity index (χ1v) is 13.6. The van der Waals surface area contributed by atoms with Gasteiger partial charge in [0.25, 0.3) is 5.56 Å². The van der Waals surface area contributed by atoms with Crippen LogP contribution in [-0.2, 0) is 23.2 Å². The monoisotopic (exact) mass is 571 g/mol. The Balaban J connectivity index is 1.59.